The molecule has 96 valence electrons. The second-order valence-electron chi connectivity index (χ2n) is 4.21. The Labute approximate surface area is 103 Å². The van der Waals surface area contributed by atoms with Crippen LogP contribution in [0.5, 0.6) is 0 Å². The predicted octanol–water partition coefficient (Wildman–Crippen LogP) is 2.57. The summed E-state index contributed by atoms with van der Waals surface area (Å²) in [5.74, 6) is 0.245. The lowest BCUT2D eigenvalue weighted by Crippen LogP contribution is -2.22. The van der Waals surface area contributed by atoms with Crippen LogP contribution in [0.3, 0.4) is 0 Å². The van der Waals surface area contributed by atoms with E-state index in [4.69, 9.17) is 0 Å². The van der Waals surface area contributed by atoms with Gasteiger partial charge in [-0.15, -0.1) is 0 Å². The molecule has 0 bridgehead atoms. The number of pyridine rings is 1. The van der Waals surface area contributed by atoms with E-state index in [2.05, 4.69) is 24.1 Å². The topological polar surface area (TPSA) is 28.2 Å². The Bertz CT molecular complexity index is 341. The molecule has 1 aromatic heterocycles. The summed E-state index contributed by atoms with van der Waals surface area (Å²) in [5.41, 5.74) is 0.686. The van der Waals surface area contributed by atoms with Crippen molar-refractivity contribution >= 4 is 5.82 Å². The van der Waals surface area contributed by atoms with Crippen molar-refractivity contribution in [1.82, 2.24) is 10.3 Å². The van der Waals surface area contributed by atoms with Crippen molar-refractivity contribution < 1.29 is 4.39 Å². The first-order valence-corrected chi connectivity index (χ1v) is 6.25. The van der Waals surface area contributed by atoms with Crippen LogP contribution < -0.4 is 10.2 Å². The van der Waals surface area contributed by atoms with Gasteiger partial charge in [0.2, 0.25) is 0 Å². The molecule has 0 spiro atoms. The van der Waals surface area contributed by atoms with Gasteiger partial charge in [-0.25, -0.2) is 9.37 Å². The second kappa shape index (κ2) is 7.22. The summed E-state index contributed by atoms with van der Waals surface area (Å²) in [6.45, 7) is 6.45. The van der Waals surface area contributed by atoms with Crippen molar-refractivity contribution in [1.29, 1.82) is 0 Å². The third-order valence-electron chi connectivity index (χ3n) is 2.61. The highest BCUT2D eigenvalue weighted by atomic mass is 19.1. The Balaban J connectivity index is 2.76. The van der Waals surface area contributed by atoms with Crippen LogP contribution in [0, 0.1) is 5.82 Å². The van der Waals surface area contributed by atoms with E-state index in [1.54, 1.807) is 12.3 Å². The largest absolute Gasteiger partial charge is 0.357 e. The van der Waals surface area contributed by atoms with Crippen LogP contribution in [-0.2, 0) is 6.54 Å². The first-order valence-electron chi connectivity index (χ1n) is 6.25. The van der Waals surface area contributed by atoms with E-state index in [-0.39, 0.29) is 5.82 Å². The van der Waals surface area contributed by atoms with Crippen LogP contribution in [0.1, 0.15) is 32.3 Å². The summed E-state index contributed by atoms with van der Waals surface area (Å²) in [5, 5.41) is 3.20. The summed E-state index contributed by atoms with van der Waals surface area (Å²) in [4.78, 5) is 5.97. The third-order valence-corrected chi connectivity index (χ3v) is 2.61. The second-order valence-corrected chi connectivity index (χ2v) is 4.21. The summed E-state index contributed by atoms with van der Waals surface area (Å²) in [6.07, 6.45) is 3.71. The molecule has 0 aliphatic rings. The molecule has 0 fully saturated rings. The molecule has 0 atom stereocenters. The van der Waals surface area contributed by atoms with Gasteiger partial charge >= 0.3 is 0 Å². The molecule has 1 N–H and O–H groups in total. The lowest BCUT2D eigenvalue weighted by Gasteiger charge is -2.19. The molecule has 1 rings (SSSR count). The predicted molar refractivity (Wildman–Crippen MR) is 69.8 cm³/mol. The highest BCUT2D eigenvalue weighted by Gasteiger charge is 2.12. The Morgan fingerprint density at radius 3 is 2.76 bits per heavy atom. The van der Waals surface area contributed by atoms with Crippen molar-refractivity contribution in [2.24, 2.45) is 0 Å². The molecule has 0 amide bonds. The smallest absolute Gasteiger partial charge is 0.170 e. The van der Waals surface area contributed by atoms with Crippen LogP contribution in [0.4, 0.5) is 10.2 Å². The van der Waals surface area contributed by atoms with Crippen molar-refractivity contribution in [2.75, 3.05) is 25.0 Å². The van der Waals surface area contributed by atoms with Gasteiger partial charge in [0.1, 0.15) is 0 Å². The maximum Gasteiger partial charge on any atom is 0.170 e. The summed E-state index contributed by atoms with van der Waals surface area (Å²) in [6, 6.07) is 1.74. The van der Waals surface area contributed by atoms with Gasteiger partial charge in [-0.2, -0.15) is 0 Å². The first-order chi connectivity index (χ1) is 8.20. The van der Waals surface area contributed by atoms with E-state index in [9.17, 15) is 4.39 Å². The first kappa shape index (κ1) is 13.9. The highest BCUT2D eigenvalue weighted by Crippen LogP contribution is 2.18. The van der Waals surface area contributed by atoms with E-state index in [0.29, 0.717) is 17.9 Å². The van der Waals surface area contributed by atoms with E-state index in [1.165, 1.54) is 0 Å². The van der Waals surface area contributed by atoms with Crippen molar-refractivity contribution in [2.45, 2.75) is 33.2 Å². The molecule has 0 aliphatic heterocycles. The molecular formula is C13H22FN3. The van der Waals surface area contributed by atoms with Gasteiger partial charge in [-0.05, 0) is 25.5 Å². The van der Waals surface area contributed by atoms with E-state index in [0.717, 1.165) is 25.9 Å². The Morgan fingerprint density at radius 2 is 2.12 bits per heavy atom. The van der Waals surface area contributed by atoms with Crippen LogP contribution in [0.2, 0.25) is 0 Å². The molecule has 17 heavy (non-hydrogen) atoms. The Kier molecular flexibility index (Phi) is 5.91. The zero-order valence-corrected chi connectivity index (χ0v) is 11.0. The Hall–Kier alpha value is -1.16. The van der Waals surface area contributed by atoms with Crippen molar-refractivity contribution in [3.63, 3.8) is 0 Å². The zero-order chi connectivity index (χ0) is 12.7. The molecule has 1 heterocycles. The van der Waals surface area contributed by atoms with E-state index >= 15 is 0 Å². The molecule has 3 nitrogen and oxygen atoms in total. The van der Waals surface area contributed by atoms with Gasteiger partial charge < -0.3 is 10.2 Å². The molecule has 0 unspecified atom stereocenters. The normalized spacial score (nSPS) is 10.6. The fourth-order valence-corrected chi connectivity index (χ4v) is 1.72. The number of hydrogen-bond donors (Lipinski definition) is 1. The number of hydrogen-bond acceptors (Lipinski definition) is 3. The lowest BCUT2D eigenvalue weighted by molar-refractivity contribution is 0.577. The fraction of sp³-hybridized carbons (Fsp3) is 0.615. The molecule has 0 saturated carbocycles. The van der Waals surface area contributed by atoms with E-state index < -0.39 is 0 Å². The molecule has 0 radical (unpaired) electrons. The van der Waals surface area contributed by atoms with Gasteiger partial charge in [0.25, 0.3) is 0 Å². The van der Waals surface area contributed by atoms with Gasteiger partial charge in [0, 0.05) is 31.9 Å². The number of rotatable bonds is 7. The standard InChI is InChI=1S/C13H22FN3/c1-4-7-15-10-11-6-8-16-13(12(11)14)17(3)9-5-2/h6,8,15H,4-5,7,9-10H2,1-3H3. The molecule has 0 aliphatic carbocycles. The number of nitrogens with one attached hydrogen (secondary N) is 1. The minimum Gasteiger partial charge on any atom is -0.357 e. The molecule has 4 heteroatoms. The zero-order valence-electron chi connectivity index (χ0n) is 11.0. The SMILES string of the molecule is CCCNCc1ccnc(N(C)CCC)c1F. The molecule has 0 aromatic carbocycles. The Morgan fingerprint density at radius 1 is 1.35 bits per heavy atom. The molecule has 1 aromatic rings. The van der Waals surface area contributed by atoms with Gasteiger partial charge in [-0.3, -0.25) is 0 Å². The number of nitrogens with zero attached hydrogens (tertiary/aromatic N) is 2. The van der Waals surface area contributed by atoms with Crippen LogP contribution in [-0.4, -0.2) is 25.1 Å². The maximum atomic E-state index is 14.1. The number of halogens is 1. The highest BCUT2D eigenvalue weighted by molar-refractivity contribution is 5.42. The molecule has 0 saturated heterocycles. The van der Waals surface area contributed by atoms with Crippen LogP contribution in [0.15, 0.2) is 12.3 Å². The summed E-state index contributed by atoms with van der Waals surface area (Å²) < 4.78 is 14.1. The monoisotopic (exact) mass is 239 g/mol. The quantitative estimate of drug-likeness (QED) is 0.741. The van der Waals surface area contributed by atoms with Crippen LogP contribution >= 0.6 is 0 Å². The minimum atomic E-state index is -0.202. The van der Waals surface area contributed by atoms with Gasteiger partial charge in [0.15, 0.2) is 11.6 Å². The number of anilines is 1. The minimum absolute atomic E-state index is 0.202. The average Bonchev–Trinajstić information content (AvgIpc) is 2.32. The average molecular weight is 239 g/mol. The van der Waals surface area contributed by atoms with Crippen molar-refractivity contribution in [3.8, 4) is 0 Å². The van der Waals surface area contributed by atoms with Crippen LogP contribution in [0.25, 0.3) is 0 Å². The fourth-order valence-electron chi connectivity index (χ4n) is 1.72. The molecular weight excluding hydrogens is 217 g/mol. The summed E-state index contributed by atoms with van der Waals surface area (Å²) in [7, 11) is 1.87. The third kappa shape index (κ3) is 3.97. The number of aromatic nitrogens is 1. The van der Waals surface area contributed by atoms with Gasteiger partial charge in [-0.1, -0.05) is 13.8 Å². The van der Waals surface area contributed by atoms with Crippen molar-refractivity contribution in [3.05, 3.63) is 23.6 Å². The summed E-state index contributed by atoms with van der Waals surface area (Å²) >= 11 is 0. The van der Waals surface area contributed by atoms with Gasteiger partial charge in [0.05, 0.1) is 0 Å². The maximum absolute atomic E-state index is 14.1. The van der Waals surface area contributed by atoms with E-state index in [1.807, 2.05) is 11.9 Å². The lowest BCUT2D eigenvalue weighted by atomic mass is 10.2.